The molecule has 1 aromatic carbocycles. The average Bonchev–Trinajstić information content (AvgIpc) is 2.84. The number of Topliss-reactive ketones (excluding diaryl/α,β-unsaturated/α-hetero) is 1. The molecule has 2 aromatic rings. The molecule has 0 amide bonds. The van der Waals surface area contributed by atoms with Crippen molar-refractivity contribution in [2.75, 3.05) is 0 Å². The fourth-order valence-electron chi connectivity index (χ4n) is 1.76. The van der Waals surface area contributed by atoms with Gasteiger partial charge in [0.15, 0.2) is 0 Å². The molecule has 0 saturated heterocycles. The Kier molecular flexibility index (Phi) is 3.78. The molecule has 0 unspecified atom stereocenters. The smallest absolute Gasteiger partial charge is 0.456 e. The summed E-state index contributed by atoms with van der Waals surface area (Å²) in [6.07, 6.45) is -3.74. The average molecular weight is 318 g/mol. The summed E-state index contributed by atoms with van der Waals surface area (Å²) in [6, 6.07) is 5.90. The van der Waals surface area contributed by atoms with Crippen LogP contribution in [-0.4, -0.2) is 27.6 Å². The number of carboxylic acid groups (broad SMARTS) is 1. The molecule has 0 bridgehead atoms. The molecular weight excluding hydrogens is 311 g/mol. The zero-order valence-electron chi connectivity index (χ0n) is 10.2. The van der Waals surface area contributed by atoms with E-state index in [-0.39, 0.29) is 16.3 Å². The van der Waals surface area contributed by atoms with Crippen LogP contribution in [0.15, 0.2) is 36.5 Å². The van der Waals surface area contributed by atoms with E-state index < -0.39 is 23.6 Å². The number of carboxylic acids is 1. The van der Waals surface area contributed by atoms with Gasteiger partial charge in [0.05, 0.1) is 16.3 Å². The van der Waals surface area contributed by atoms with Crippen LogP contribution in [0.4, 0.5) is 13.2 Å². The van der Waals surface area contributed by atoms with Crippen molar-refractivity contribution in [2.45, 2.75) is 6.18 Å². The van der Waals surface area contributed by atoms with Crippen molar-refractivity contribution >= 4 is 23.4 Å². The van der Waals surface area contributed by atoms with E-state index in [1.165, 1.54) is 24.4 Å². The van der Waals surface area contributed by atoms with Crippen molar-refractivity contribution < 1.29 is 27.9 Å². The number of ketones is 1. The first-order valence-corrected chi connectivity index (χ1v) is 5.91. The number of hydrogen-bond donors (Lipinski definition) is 1. The van der Waals surface area contributed by atoms with E-state index in [9.17, 15) is 22.8 Å². The quantitative estimate of drug-likeness (QED) is 0.880. The highest BCUT2D eigenvalue weighted by Crippen LogP contribution is 2.26. The highest BCUT2D eigenvalue weighted by molar-refractivity contribution is 6.33. The van der Waals surface area contributed by atoms with Gasteiger partial charge >= 0.3 is 12.1 Å². The van der Waals surface area contributed by atoms with E-state index >= 15 is 0 Å². The lowest BCUT2D eigenvalue weighted by Crippen LogP contribution is -2.25. The van der Waals surface area contributed by atoms with Crippen molar-refractivity contribution in [1.82, 2.24) is 4.57 Å². The van der Waals surface area contributed by atoms with Crippen LogP contribution in [0.25, 0.3) is 5.69 Å². The molecule has 0 fully saturated rings. The summed E-state index contributed by atoms with van der Waals surface area (Å²) in [5.41, 5.74) is -0.611. The van der Waals surface area contributed by atoms with Crippen LogP contribution in [0, 0.1) is 0 Å². The summed E-state index contributed by atoms with van der Waals surface area (Å²) in [5, 5.41) is 8.70. The molecule has 0 aliphatic carbocycles. The van der Waals surface area contributed by atoms with Crippen molar-refractivity contribution in [1.29, 1.82) is 0 Å². The Balaban J connectivity index is 2.50. The molecule has 1 N–H and O–H groups in total. The van der Waals surface area contributed by atoms with Gasteiger partial charge in [-0.1, -0.05) is 11.6 Å². The maximum Gasteiger partial charge on any atom is 0.456 e. The van der Waals surface area contributed by atoms with E-state index in [2.05, 4.69) is 0 Å². The number of carbonyl (C=O) groups excluding carboxylic acids is 1. The highest BCUT2D eigenvalue weighted by Gasteiger charge is 2.40. The number of nitrogens with zero attached hydrogens (tertiary/aromatic N) is 1. The summed E-state index contributed by atoms with van der Waals surface area (Å²) in [6.45, 7) is 0. The monoisotopic (exact) mass is 317 g/mol. The molecule has 2 rings (SSSR count). The van der Waals surface area contributed by atoms with E-state index in [0.717, 1.165) is 16.7 Å². The van der Waals surface area contributed by atoms with Crippen LogP contribution in [-0.2, 0) is 0 Å². The van der Waals surface area contributed by atoms with Gasteiger partial charge in [-0.3, -0.25) is 4.79 Å². The normalized spacial score (nSPS) is 11.4. The Morgan fingerprint density at radius 2 is 1.86 bits per heavy atom. The van der Waals surface area contributed by atoms with Crippen LogP contribution in [0.2, 0.25) is 5.02 Å². The minimum absolute atomic E-state index is 0.140. The molecule has 1 aromatic heterocycles. The summed E-state index contributed by atoms with van der Waals surface area (Å²) in [7, 11) is 0. The zero-order chi connectivity index (χ0) is 15.8. The molecule has 0 aliphatic rings. The largest absolute Gasteiger partial charge is 0.478 e. The molecular formula is C13H7ClF3NO3. The van der Waals surface area contributed by atoms with Gasteiger partial charge in [-0.25, -0.2) is 4.79 Å². The first-order valence-electron chi connectivity index (χ1n) is 5.54. The third-order valence-electron chi connectivity index (χ3n) is 2.70. The van der Waals surface area contributed by atoms with Crippen molar-refractivity contribution in [2.24, 2.45) is 0 Å². The van der Waals surface area contributed by atoms with Crippen LogP contribution in [0.5, 0.6) is 0 Å². The van der Waals surface area contributed by atoms with E-state index in [4.69, 9.17) is 16.7 Å². The number of carbonyl (C=O) groups is 2. The van der Waals surface area contributed by atoms with E-state index in [1.54, 1.807) is 0 Å². The second-order valence-corrected chi connectivity index (χ2v) is 4.47. The summed E-state index contributed by atoms with van der Waals surface area (Å²) >= 11 is 5.76. The number of rotatable bonds is 3. The molecule has 0 atom stereocenters. The molecule has 4 nitrogen and oxygen atoms in total. The first kappa shape index (κ1) is 15.1. The summed E-state index contributed by atoms with van der Waals surface area (Å²) < 4.78 is 38.5. The second kappa shape index (κ2) is 5.25. The molecule has 110 valence electrons. The van der Waals surface area contributed by atoms with E-state index in [0.29, 0.717) is 0 Å². The fraction of sp³-hybridized carbons (Fsp3) is 0.0769. The van der Waals surface area contributed by atoms with Gasteiger partial charge in [-0.15, -0.1) is 0 Å². The maximum absolute atomic E-state index is 12.5. The van der Waals surface area contributed by atoms with Gasteiger partial charge in [-0.05, 0) is 30.3 Å². The first-order chi connectivity index (χ1) is 9.71. The molecule has 0 aliphatic heterocycles. The standard InChI is InChI=1S/C13H7ClF3NO3/c14-9-6-7(3-4-8(9)12(20)21)18-5-1-2-10(18)11(19)13(15,16)17/h1-6H,(H,20,21). The lowest BCUT2D eigenvalue weighted by Gasteiger charge is -2.11. The van der Waals surface area contributed by atoms with Crippen LogP contribution < -0.4 is 0 Å². The van der Waals surface area contributed by atoms with Gasteiger partial charge in [0.1, 0.15) is 0 Å². The van der Waals surface area contributed by atoms with Gasteiger partial charge in [0, 0.05) is 11.9 Å². The Morgan fingerprint density at radius 1 is 1.19 bits per heavy atom. The van der Waals surface area contributed by atoms with Gasteiger partial charge in [-0.2, -0.15) is 13.2 Å². The van der Waals surface area contributed by atoms with Crippen molar-refractivity contribution in [3.05, 3.63) is 52.8 Å². The Morgan fingerprint density at radius 3 is 2.38 bits per heavy atom. The highest BCUT2D eigenvalue weighted by atomic mass is 35.5. The number of benzene rings is 1. The van der Waals surface area contributed by atoms with Crippen LogP contribution >= 0.6 is 11.6 Å². The lowest BCUT2D eigenvalue weighted by atomic mass is 10.2. The Labute approximate surface area is 121 Å². The van der Waals surface area contributed by atoms with Gasteiger partial charge in [0.2, 0.25) is 0 Å². The number of aromatic carboxylic acids is 1. The number of halogens is 4. The minimum atomic E-state index is -5.00. The fourth-order valence-corrected chi connectivity index (χ4v) is 2.02. The van der Waals surface area contributed by atoms with E-state index in [1.807, 2.05) is 0 Å². The maximum atomic E-state index is 12.5. The van der Waals surface area contributed by atoms with Crippen LogP contribution in [0.1, 0.15) is 20.8 Å². The van der Waals surface area contributed by atoms with Crippen LogP contribution in [0.3, 0.4) is 0 Å². The lowest BCUT2D eigenvalue weighted by molar-refractivity contribution is -0.0889. The number of alkyl halides is 3. The molecule has 0 radical (unpaired) electrons. The second-order valence-electron chi connectivity index (χ2n) is 4.06. The Bertz CT molecular complexity index is 722. The number of aromatic nitrogens is 1. The molecule has 8 heteroatoms. The Hall–Kier alpha value is -2.28. The predicted molar refractivity (Wildman–Crippen MR) is 68.1 cm³/mol. The van der Waals surface area contributed by atoms with Crippen molar-refractivity contribution in [3.8, 4) is 5.69 Å². The summed E-state index contributed by atoms with van der Waals surface area (Å²) in [4.78, 5) is 22.1. The SMILES string of the molecule is O=C(O)c1ccc(-n2cccc2C(=O)C(F)(F)F)cc1Cl. The zero-order valence-corrected chi connectivity index (χ0v) is 10.9. The third-order valence-corrected chi connectivity index (χ3v) is 3.01. The van der Waals surface area contributed by atoms with Gasteiger partial charge < -0.3 is 9.67 Å². The predicted octanol–water partition coefficient (Wildman–Crippen LogP) is 3.57. The number of hydrogen-bond acceptors (Lipinski definition) is 2. The van der Waals surface area contributed by atoms with Gasteiger partial charge in [0.25, 0.3) is 5.78 Å². The third kappa shape index (κ3) is 2.92. The van der Waals surface area contributed by atoms with Crippen molar-refractivity contribution in [3.63, 3.8) is 0 Å². The minimum Gasteiger partial charge on any atom is -0.478 e. The topological polar surface area (TPSA) is 59.3 Å². The summed E-state index contributed by atoms with van der Waals surface area (Å²) in [5.74, 6) is -3.25. The molecule has 1 heterocycles. The molecule has 0 saturated carbocycles. The molecule has 0 spiro atoms. The molecule has 21 heavy (non-hydrogen) atoms.